The van der Waals surface area contributed by atoms with E-state index in [1.807, 2.05) is 45.0 Å². The molecular weight excluding hydrogens is 552 g/mol. The van der Waals surface area contributed by atoms with Crippen LogP contribution in [-0.4, -0.2) is 53.6 Å². The fraction of sp³-hybridized carbons (Fsp3) is 0.353. The number of aliphatic hydroxyl groups excluding tert-OH is 1. The number of aryl methyl sites for hydroxylation is 1. The van der Waals surface area contributed by atoms with Crippen molar-refractivity contribution in [3.05, 3.63) is 106 Å². The summed E-state index contributed by atoms with van der Waals surface area (Å²) in [4.78, 5) is 28.5. The van der Waals surface area contributed by atoms with Gasteiger partial charge in [0.15, 0.2) is 0 Å². The van der Waals surface area contributed by atoms with Crippen LogP contribution in [0.15, 0.2) is 71.3 Å². The number of hydrogen-bond donors (Lipinski definition) is 3. The molecule has 228 valence electrons. The Morgan fingerprint density at radius 3 is 2.33 bits per heavy atom. The van der Waals surface area contributed by atoms with Crippen LogP contribution in [-0.2, 0) is 13.0 Å². The molecule has 0 unspecified atom stereocenters. The second-order valence-corrected chi connectivity index (χ2v) is 10.9. The maximum absolute atomic E-state index is 14.0. The molecule has 0 saturated heterocycles. The van der Waals surface area contributed by atoms with Crippen LogP contribution in [0.3, 0.4) is 0 Å². The number of carbonyl (C=O) groups is 2. The summed E-state index contributed by atoms with van der Waals surface area (Å²) in [5.41, 5.74) is 3.36. The van der Waals surface area contributed by atoms with Gasteiger partial charge in [-0.25, -0.2) is 8.78 Å². The molecule has 4 aromatic rings. The molecule has 0 spiro atoms. The zero-order chi connectivity index (χ0) is 30.9. The van der Waals surface area contributed by atoms with Crippen LogP contribution in [0, 0.1) is 18.6 Å². The highest BCUT2D eigenvalue weighted by Gasteiger charge is 2.24. The third-order valence-corrected chi connectivity index (χ3v) is 7.25. The van der Waals surface area contributed by atoms with Crippen LogP contribution in [0.5, 0.6) is 0 Å². The lowest BCUT2D eigenvalue weighted by molar-refractivity contribution is 0.0755. The summed E-state index contributed by atoms with van der Waals surface area (Å²) < 4.78 is 33.6. The highest BCUT2D eigenvalue weighted by Crippen LogP contribution is 2.21. The molecule has 9 heteroatoms. The van der Waals surface area contributed by atoms with Gasteiger partial charge in [0, 0.05) is 54.3 Å². The number of hydrogen-bond acceptors (Lipinski definition) is 5. The predicted molar refractivity (Wildman–Crippen MR) is 163 cm³/mol. The maximum atomic E-state index is 14.0. The van der Waals surface area contributed by atoms with Gasteiger partial charge < -0.3 is 25.1 Å². The molecule has 0 aliphatic rings. The summed E-state index contributed by atoms with van der Waals surface area (Å²) in [6.45, 7) is 7.54. The molecule has 1 aromatic heterocycles. The Labute approximate surface area is 250 Å². The summed E-state index contributed by atoms with van der Waals surface area (Å²) in [7, 11) is 0. The first-order valence-corrected chi connectivity index (χ1v) is 14.7. The van der Waals surface area contributed by atoms with Crippen LogP contribution in [0.4, 0.5) is 8.78 Å². The molecule has 7 nitrogen and oxygen atoms in total. The molecule has 3 aromatic carbocycles. The van der Waals surface area contributed by atoms with Gasteiger partial charge in [-0.15, -0.1) is 0 Å². The van der Waals surface area contributed by atoms with Crippen molar-refractivity contribution in [2.45, 2.75) is 58.7 Å². The topological polar surface area (TPSA) is 94.8 Å². The number of furan rings is 1. The Bertz CT molecular complexity index is 1530. The van der Waals surface area contributed by atoms with E-state index in [2.05, 4.69) is 10.6 Å². The van der Waals surface area contributed by atoms with Crippen molar-refractivity contribution in [1.29, 1.82) is 0 Å². The largest absolute Gasteiger partial charge is 0.464 e. The summed E-state index contributed by atoms with van der Waals surface area (Å²) in [5, 5.41) is 18.2. The van der Waals surface area contributed by atoms with Crippen molar-refractivity contribution in [3.8, 4) is 0 Å². The second-order valence-electron chi connectivity index (χ2n) is 10.9. The third-order valence-electron chi connectivity index (χ3n) is 7.25. The lowest BCUT2D eigenvalue weighted by Gasteiger charge is -2.25. The number of amides is 2. The average Bonchev–Trinajstić information content (AvgIpc) is 3.38. The minimum absolute atomic E-state index is 0.0176. The highest BCUT2D eigenvalue weighted by molar-refractivity contribution is 6.00. The van der Waals surface area contributed by atoms with Crippen molar-refractivity contribution in [3.63, 3.8) is 0 Å². The molecule has 0 aliphatic carbocycles. The molecule has 2 amide bonds. The van der Waals surface area contributed by atoms with Gasteiger partial charge in [0.05, 0.1) is 18.4 Å². The van der Waals surface area contributed by atoms with E-state index in [0.717, 1.165) is 41.0 Å². The summed E-state index contributed by atoms with van der Waals surface area (Å²) in [6.07, 6.45) is 2.16. The zero-order valence-electron chi connectivity index (χ0n) is 24.8. The number of para-hydroxylation sites is 1. The summed E-state index contributed by atoms with van der Waals surface area (Å²) in [6, 6.07) is 14.8. The van der Waals surface area contributed by atoms with Gasteiger partial charge in [0.1, 0.15) is 17.2 Å². The van der Waals surface area contributed by atoms with Gasteiger partial charge in [0.25, 0.3) is 11.8 Å². The Kier molecular flexibility index (Phi) is 11.0. The molecule has 43 heavy (non-hydrogen) atoms. The number of benzene rings is 3. The maximum Gasteiger partial charge on any atom is 0.253 e. The van der Waals surface area contributed by atoms with Gasteiger partial charge in [0.2, 0.25) is 0 Å². The minimum Gasteiger partial charge on any atom is -0.464 e. The average molecular weight is 592 g/mol. The lowest BCUT2D eigenvalue weighted by atomic mass is 9.99. The first-order valence-electron chi connectivity index (χ1n) is 14.7. The van der Waals surface area contributed by atoms with E-state index in [1.165, 1.54) is 12.1 Å². The van der Waals surface area contributed by atoms with Crippen molar-refractivity contribution in [2.24, 2.45) is 0 Å². The van der Waals surface area contributed by atoms with Crippen LogP contribution in [0.2, 0.25) is 0 Å². The third kappa shape index (κ3) is 8.49. The molecule has 1 heterocycles. The van der Waals surface area contributed by atoms with E-state index in [-0.39, 0.29) is 30.0 Å². The monoisotopic (exact) mass is 591 g/mol. The fourth-order valence-electron chi connectivity index (χ4n) is 5.26. The standard InChI is InChI=1S/C34H39F2N3O4/c1-4-10-39(11-5-2)34(42)25-13-22(3)12-24(17-25)33(41)38-30(16-23-14-27(35)18-28(36)15-23)31(40)20-37-19-26-21-43-32-9-7-6-8-29(26)32/h6-9,12-15,17-18,21,30-31,37,40H,4-5,10-11,16,19-20H2,1-3H3,(H,38,41)/t30-,31+/m0/s1. The zero-order valence-corrected chi connectivity index (χ0v) is 24.8. The first kappa shape index (κ1) is 31.8. The molecule has 2 atom stereocenters. The number of halogens is 2. The Morgan fingerprint density at radius 2 is 1.63 bits per heavy atom. The first-order chi connectivity index (χ1) is 20.7. The van der Waals surface area contributed by atoms with Crippen molar-refractivity contribution in [2.75, 3.05) is 19.6 Å². The van der Waals surface area contributed by atoms with Crippen LogP contribution in [0.25, 0.3) is 11.0 Å². The smallest absolute Gasteiger partial charge is 0.253 e. The number of fused-ring (bicyclic) bond motifs is 1. The molecule has 0 radical (unpaired) electrons. The van der Waals surface area contributed by atoms with Gasteiger partial charge >= 0.3 is 0 Å². The Balaban J connectivity index is 1.52. The normalized spacial score (nSPS) is 12.7. The number of carbonyl (C=O) groups excluding carboxylic acids is 2. The van der Waals surface area contributed by atoms with E-state index in [9.17, 15) is 23.5 Å². The number of aliphatic hydroxyl groups is 1. The van der Waals surface area contributed by atoms with Gasteiger partial charge in [-0.3, -0.25) is 9.59 Å². The van der Waals surface area contributed by atoms with E-state index >= 15 is 0 Å². The number of nitrogens with one attached hydrogen (secondary N) is 2. The van der Waals surface area contributed by atoms with Gasteiger partial charge in [-0.2, -0.15) is 0 Å². The molecule has 0 saturated carbocycles. The molecule has 3 N–H and O–H groups in total. The molecule has 0 fully saturated rings. The predicted octanol–water partition coefficient (Wildman–Crippen LogP) is 5.77. The minimum atomic E-state index is -1.11. The van der Waals surface area contributed by atoms with Crippen LogP contribution in [0.1, 0.15) is 64.1 Å². The fourth-order valence-corrected chi connectivity index (χ4v) is 5.26. The Hall–Kier alpha value is -4.08. The Morgan fingerprint density at radius 1 is 0.953 bits per heavy atom. The molecule has 0 aliphatic heterocycles. The van der Waals surface area contributed by atoms with Crippen molar-refractivity contribution >= 4 is 22.8 Å². The molecule has 0 bridgehead atoms. The molecule has 4 rings (SSSR count). The second kappa shape index (κ2) is 14.9. The van der Waals surface area contributed by atoms with Gasteiger partial charge in [-0.1, -0.05) is 32.0 Å². The van der Waals surface area contributed by atoms with Crippen molar-refractivity contribution in [1.82, 2.24) is 15.5 Å². The SMILES string of the molecule is CCCN(CCC)C(=O)c1cc(C)cc(C(=O)N[C@@H](Cc2cc(F)cc(F)c2)[C@H](O)CNCc2coc3ccccc23)c1. The number of nitrogens with zero attached hydrogens (tertiary/aromatic N) is 1. The lowest BCUT2D eigenvalue weighted by Crippen LogP contribution is -2.48. The van der Waals surface area contributed by atoms with E-state index in [4.69, 9.17) is 4.42 Å². The number of rotatable bonds is 14. The van der Waals surface area contributed by atoms with E-state index in [1.54, 1.807) is 29.4 Å². The summed E-state index contributed by atoms with van der Waals surface area (Å²) in [5.74, 6) is -2.14. The van der Waals surface area contributed by atoms with E-state index < -0.39 is 29.7 Å². The van der Waals surface area contributed by atoms with E-state index in [0.29, 0.717) is 25.2 Å². The van der Waals surface area contributed by atoms with Crippen molar-refractivity contribution < 1.29 is 27.9 Å². The quantitative estimate of drug-likeness (QED) is 0.173. The highest BCUT2D eigenvalue weighted by atomic mass is 19.1. The van der Waals surface area contributed by atoms with Crippen LogP contribution >= 0.6 is 0 Å². The summed E-state index contributed by atoms with van der Waals surface area (Å²) >= 11 is 0. The van der Waals surface area contributed by atoms with Crippen LogP contribution < -0.4 is 10.6 Å². The molecular formula is C34H39F2N3O4. The van der Waals surface area contributed by atoms with Gasteiger partial charge in [-0.05, 0) is 73.7 Å².